The minimum absolute atomic E-state index is 0.321. The molecule has 54 valence electrons. The molecular weight excluding hydrogens is 218 g/mol. The first kappa shape index (κ1) is 8.02. The number of hydrogen-bond acceptors (Lipinski definition) is 0. The zero-order valence-electron chi connectivity index (χ0n) is 5.07. The van der Waals surface area contributed by atoms with Gasteiger partial charge in [0, 0.05) is 9.51 Å². The van der Waals surface area contributed by atoms with Crippen molar-refractivity contribution in [2.24, 2.45) is 0 Å². The van der Waals surface area contributed by atoms with Gasteiger partial charge in [0.15, 0.2) is 0 Å². The van der Waals surface area contributed by atoms with Crippen LogP contribution in [0.2, 0.25) is 0 Å². The fraction of sp³-hybridized carbons (Fsp3) is 0.143. The molecule has 0 radical (unpaired) electrons. The quantitative estimate of drug-likeness (QED) is 0.588. The van der Waals surface area contributed by atoms with Crippen LogP contribution in [0.3, 0.4) is 0 Å². The fourth-order valence-electron chi connectivity index (χ4n) is 0.621. The van der Waals surface area contributed by atoms with Crippen LogP contribution < -0.4 is 0 Å². The normalized spacial score (nSPS) is 18.9. The lowest BCUT2D eigenvalue weighted by Gasteiger charge is -1.89. The molecule has 0 aliphatic heterocycles. The van der Waals surface area contributed by atoms with Gasteiger partial charge in [-0.05, 0) is 28.4 Å². The van der Waals surface area contributed by atoms with Gasteiger partial charge in [0.05, 0.1) is 0 Å². The van der Waals surface area contributed by atoms with Gasteiger partial charge in [0.25, 0.3) is 0 Å². The van der Waals surface area contributed by atoms with Gasteiger partial charge in [-0.1, -0.05) is 23.8 Å². The number of halogens is 3. The van der Waals surface area contributed by atoms with E-state index in [2.05, 4.69) is 15.9 Å². The Morgan fingerprint density at radius 3 is 2.90 bits per heavy atom. The summed E-state index contributed by atoms with van der Waals surface area (Å²) in [5, 5.41) is 0.447. The van der Waals surface area contributed by atoms with Crippen molar-refractivity contribution in [2.75, 3.05) is 0 Å². The molecule has 0 aromatic carbocycles. The Balaban J connectivity index is 2.92. The third-order valence-corrected chi connectivity index (χ3v) is 2.07. The molecule has 0 saturated heterocycles. The molecule has 0 spiro atoms. The van der Waals surface area contributed by atoms with Gasteiger partial charge in [0.1, 0.15) is 5.83 Å². The van der Waals surface area contributed by atoms with Crippen molar-refractivity contribution in [2.45, 2.75) is 6.42 Å². The first-order chi connectivity index (χ1) is 4.70. The highest BCUT2D eigenvalue weighted by atomic mass is 79.9. The highest BCUT2D eigenvalue weighted by molar-refractivity contribution is 9.11. The molecule has 3 heteroatoms. The summed E-state index contributed by atoms with van der Waals surface area (Å²) in [6.45, 7) is 0. The fourth-order valence-corrected chi connectivity index (χ4v) is 1.11. The highest BCUT2D eigenvalue weighted by Crippen LogP contribution is 2.24. The predicted octanol–water partition coefficient (Wildman–Crippen LogP) is 3.65. The summed E-state index contributed by atoms with van der Waals surface area (Å²) in [7, 11) is 0. The molecule has 1 aliphatic carbocycles. The van der Waals surface area contributed by atoms with E-state index in [0.717, 1.165) is 0 Å². The minimum Gasteiger partial charge on any atom is -0.206 e. The Kier molecular flexibility index (Phi) is 2.69. The van der Waals surface area contributed by atoms with Crippen LogP contribution in [0, 0.1) is 0 Å². The Labute approximate surface area is 72.2 Å². The topological polar surface area (TPSA) is 0 Å². The average Bonchev–Trinajstić information content (AvgIpc) is 1.96. The van der Waals surface area contributed by atoms with Gasteiger partial charge < -0.3 is 0 Å². The molecule has 0 N–H and O–H groups in total. The SMILES string of the molecule is FC1=CC(Cl)=CCC=C1Br. The van der Waals surface area contributed by atoms with E-state index in [4.69, 9.17) is 11.6 Å². The first-order valence-corrected chi connectivity index (χ1v) is 3.96. The smallest absolute Gasteiger partial charge is 0.138 e. The van der Waals surface area contributed by atoms with Gasteiger partial charge in [-0.15, -0.1) is 0 Å². The maximum absolute atomic E-state index is 12.7. The van der Waals surface area contributed by atoms with Crippen LogP contribution in [0.15, 0.2) is 33.6 Å². The zero-order valence-corrected chi connectivity index (χ0v) is 7.41. The largest absolute Gasteiger partial charge is 0.206 e. The van der Waals surface area contributed by atoms with Crippen molar-refractivity contribution in [3.05, 3.63) is 33.6 Å². The zero-order chi connectivity index (χ0) is 7.56. The van der Waals surface area contributed by atoms with Gasteiger partial charge >= 0.3 is 0 Å². The monoisotopic (exact) mass is 222 g/mol. The van der Waals surface area contributed by atoms with E-state index in [1.165, 1.54) is 6.08 Å². The standard InChI is InChI=1S/C7H5BrClF/c8-6-3-1-2-5(9)4-7(6)10/h2-4H,1H2. The van der Waals surface area contributed by atoms with Crippen molar-refractivity contribution in [3.63, 3.8) is 0 Å². The van der Waals surface area contributed by atoms with Crippen LogP contribution in [0.1, 0.15) is 6.42 Å². The Morgan fingerprint density at radius 1 is 1.50 bits per heavy atom. The number of allylic oxidation sites excluding steroid dienone is 6. The van der Waals surface area contributed by atoms with E-state index in [0.29, 0.717) is 15.9 Å². The summed E-state index contributed by atoms with van der Waals surface area (Å²) in [6.07, 6.45) is 5.43. The Hall–Kier alpha value is -0.0800. The molecule has 0 unspecified atom stereocenters. The maximum atomic E-state index is 12.7. The van der Waals surface area contributed by atoms with E-state index in [-0.39, 0.29) is 5.83 Å². The van der Waals surface area contributed by atoms with Crippen LogP contribution in [0.25, 0.3) is 0 Å². The average molecular weight is 223 g/mol. The lowest BCUT2D eigenvalue weighted by molar-refractivity contribution is 0.664. The van der Waals surface area contributed by atoms with Gasteiger partial charge in [0.2, 0.25) is 0 Å². The summed E-state index contributed by atoms with van der Waals surface area (Å²) < 4.78 is 13.2. The van der Waals surface area contributed by atoms with E-state index in [1.807, 2.05) is 0 Å². The summed E-state index contributed by atoms with van der Waals surface area (Å²) in [5.41, 5.74) is 0. The van der Waals surface area contributed by atoms with Crippen LogP contribution in [-0.4, -0.2) is 0 Å². The molecule has 0 saturated carbocycles. The van der Waals surface area contributed by atoms with E-state index >= 15 is 0 Å². The molecule has 0 bridgehead atoms. The van der Waals surface area contributed by atoms with Crippen LogP contribution in [-0.2, 0) is 0 Å². The maximum Gasteiger partial charge on any atom is 0.138 e. The van der Waals surface area contributed by atoms with Gasteiger partial charge in [-0.2, -0.15) is 0 Å². The Bertz CT molecular complexity index is 228. The molecule has 0 atom stereocenters. The molecule has 1 rings (SSSR count). The molecule has 1 aliphatic rings. The Morgan fingerprint density at radius 2 is 2.20 bits per heavy atom. The second-order valence-electron chi connectivity index (χ2n) is 1.87. The molecule has 0 aromatic heterocycles. The summed E-state index contributed by atoms with van der Waals surface area (Å²) >= 11 is 8.63. The van der Waals surface area contributed by atoms with Crippen molar-refractivity contribution in [1.82, 2.24) is 0 Å². The lowest BCUT2D eigenvalue weighted by Crippen LogP contribution is -1.69. The second-order valence-corrected chi connectivity index (χ2v) is 3.16. The predicted molar refractivity (Wildman–Crippen MR) is 44.8 cm³/mol. The van der Waals surface area contributed by atoms with Crippen LogP contribution in [0.4, 0.5) is 4.39 Å². The summed E-state index contributed by atoms with van der Waals surface area (Å²) in [6, 6.07) is 0. The number of hydrogen-bond donors (Lipinski definition) is 0. The molecule has 0 aromatic rings. The molecular formula is C7H5BrClF. The van der Waals surface area contributed by atoms with E-state index in [9.17, 15) is 4.39 Å². The minimum atomic E-state index is -0.321. The van der Waals surface area contributed by atoms with Gasteiger partial charge in [-0.25, -0.2) is 4.39 Å². The lowest BCUT2D eigenvalue weighted by atomic mass is 10.4. The third kappa shape index (κ3) is 1.96. The summed E-state index contributed by atoms with van der Waals surface area (Å²) in [5.74, 6) is -0.321. The third-order valence-electron chi connectivity index (χ3n) is 1.10. The van der Waals surface area contributed by atoms with Crippen molar-refractivity contribution in [1.29, 1.82) is 0 Å². The highest BCUT2D eigenvalue weighted by Gasteiger charge is 2.02. The van der Waals surface area contributed by atoms with Crippen molar-refractivity contribution >= 4 is 27.5 Å². The van der Waals surface area contributed by atoms with Crippen LogP contribution in [0.5, 0.6) is 0 Å². The number of rotatable bonds is 0. The molecule has 10 heavy (non-hydrogen) atoms. The van der Waals surface area contributed by atoms with Crippen molar-refractivity contribution in [3.8, 4) is 0 Å². The molecule has 0 amide bonds. The molecule has 0 heterocycles. The van der Waals surface area contributed by atoms with Gasteiger partial charge in [-0.3, -0.25) is 0 Å². The second kappa shape index (κ2) is 3.35. The molecule has 0 nitrogen and oxygen atoms in total. The van der Waals surface area contributed by atoms with E-state index in [1.54, 1.807) is 12.2 Å². The van der Waals surface area contributed by atoms with Crippen molar-refractivity contribution < 1.29 is 4.39 Å². The molecule has 0 fully saturated rings. The summed E-state index contributed by atoms with van der Waals surface area (Å²) in [4.78, 5) is 0. The van der Waals surface area contributed by atoms with Crippen LogP contribution >= 0.6 is 27.5 Å². The van der Waals surface area contributed by atoms with E-state index < -0.39 is 0 Å². The first-order valence-electron chi connectivity index (χ1n) is 2.79.